The highest BCUT2D eigenvalue weighted by Gasteiger charge is 2.72. The third kappa shape index (κ3) is 2.41. The zero-order chi connectivity index (χ0) is 21.1. The lowest BCUT2D eigenvalue weighted by Gasteiger charge is -2.45. The maximum absolute atomic E-state index is 16.1. The highest BCUT2D eigenvalue weighted by atomic mass is 35.5. The molecule has 29 heavy (non-hydrogen) atoms. The fraction of sp³-hybridized carbons (Fsp3) is 0.389. The Labute approximate surface area is 167 Å². The van der Waals surface area contributed by atoms with Crippen molar-refractivity contribution >= 4 is 23.4 Å². The van der Waals surface area contributed by atoms with E-state index in [0.717, 1.165) is 0 Å². The van der Waals surface area contributed by atoms with Crippen molar-refractivity contribution in [1.82, 2.24) is 19.4 Å². The molecule has 4 unspecified atom stereocenters. The first-order chi connectivity index (χ1) is 13.6. The monoisotopic (exact) mass is 422 g/mol. The molecule has 0 spiro atoms. The van der Waals surface area contributed by atoms with Gasteiger partial charge in [0, 0.05) is 13.5 Å². The van der Waals surface area contributed by atoms with Gasteiger partial charge < -0.3 is 0 Å². The molecule has 0 bridgehead atoms. The van der Waals surface area contributed by atoms with Gasteiger partial charge in [0.1, 0.15) is 5.41 Å². The van der Waals surface area contributed by atoms with E-state index in [1.165, 1.54) is 19.2 Å². The molecule has 2 heterocycles. The predicted octanol–water partition coefficient (Wildman–Crippen LogP) is -0.520. The van der Waals surface area contributed by atoms with Crippen LogP contribution in [0.3, 0.4) is 0 Å². The van der Waals surface area contributed by atoms with Crippen LogP contribution >= 0.6 is 11.6 Å². The Morgan fingerprint density at radius 1 is 1.03 bits per heavy atom. The highest BCUT2D eigenvalue weighted by molar-refractivity contribution is 6.22. The van der Waals surface area contributed by atoms with E-state index in [0.29, 0.717) is 9.13 Å². The van der Waals surface area contributed by atoms with Crippen LogP contribution in [0.15, 0.2) is 44.7 Å². The van der Waals surface area contributed by atoms with E-state index < -0.39 is 64.2 Å². The topological polar surface area (TPSA) is 123 Å². The number of hydrogen-bond donors (Lipinski definition) is 2. The summed E-state index contributed by atoms with van der Waals surface area (Å²) in [5, 5.41) is 0.879. The summed E-state index contributed by atoms with van der Waals surface area (Å²) in [6.07, 6.45) is -1.01. The van der Waals surface area contributed by atoms with Crippen LogP contribution in [0.2, 0.25) is 0 Å². The van der Waals surface area contributed by atoms with Crippen LogP contribution in [-0.4, -0.2) is 37.0 Å². The number of alkyl halides is 2. The molecule has 1 saturated heterocycles. The lowest BCUT2D eigenvalue weighted by molar-refractivity contribution is -0.136. The van der Waals surface area contributed by atoms with Gasteiger partial charge in [-0.3, -0.25) is 19.9 Å². The smallest absolute Gasteiger partial charge is 0.293 e. The number of carbonyl (C=O) groups excluding carboxylic acids is 2. The molecular formula is C18H16ClFN4O5. The van der Waals surface area contributed by atoms with Crippen LogP contribution in [0.25, 0.3) is 0 Å². The number of carbonyl (C=O) groups is 2. The third-order valence-electron chi connectivity index (χ3n) is 5.89. The summed E-state index contributed by atoms with van der Waals surface area (Å²) in [6, 6.07) is 6.72. The van der Waals surface area contributed by atoms with Gasteiger partial charge in [0.05, 0.1) is 11.4 Å². The normalized spacial score (nSPS) is 31.4. The minimum atomic E-state index is -2.65. The number of fused-ring (bicyclic) bond motifs is 1. The second kappa shape index (κ2) is 6.24. The van der Waals surface area contributed by atoms with E-state index >= 15 is 4.39 Å². The Hall–Kier alpha value is -3.01. The molecule has 0 radical (unpaired) electrons. The lowest BCUT2D eigenvalue weighted by Crippen LogP contribution is -2.61. The molecule has 2 fully saturated rings. The maximum atomic E-state index is 16.1. The van der Waals surface area contributed by atoms with Gasteiger partial charge >= 0.3 is 17.1 Å². The number of halogens is 2. The second-order valence-electron chi connectivity index (χ2n) is 7.29. The Balaban J connectivity index is 1.97. The zero-order valence-electron chi connectivity index (χ0n) is 15.1. The van der Waals surface area contributed by atoms with Gasteiger partial charge in [0.25, 0.3) is 5.91 Å². The zero-order valence-corrected chi connectivity index (χ0v) is 15.9. The number of imide groups is 1. The SMILES string of the molecule is Cn1c(=O)[nH]c(=O)n(C2CC3(c4ccccc4)C(=O)NC(=O)C3(F)CC2Cl)c1=O. The first kappa shape index (κ1) is 19.3. The number of nitrogens with zero attached hydrogens (tertiary/aromatic N) is 2. The Morgan fingerprint density at radius 2 is 1.69 bits per heavy atom. The summed E-state index contributed by atoms with van der Waals surface area (Å²) in [6.45, 7) is 0. The largest absolute Gasteiger partial charge is 0.336 e. The standard InChI is InChI=1S/C18H16ClFN4O5/c1-23-14(27)22-15(28)24(16(23)29)11-8-17(9-5-3-2-4-6-9)12(25)21-13(26)18(17,20)7-10(11)19/h2-6,10-11H,7-8H2,1H3,(H,21,25,26)(H,22,27,28). The van der Waals surface area contributed by atoms with Crippen LogP contribution in [0, 0.1) is 0 Å². The summed E-state index contributed by atoms with van der Waals surface area (Å²) in [7, 11) is 1.17. The molecule has 2 amide bonds. The number of hydrogen-bond acceptors (Lipinski definition) is 5. The van der Waals surface area contributed by atoms with Gasteiger partial charge in [-0.15, -0.1) is 11.6 Å². The van der Waals surface area contributed by atoms with Crippen LogP contribution in [0.4, 0.5) is 4.39 Å². The molecule has 152 valence electrons. The molecule has 4 atom stereocenters. The first-order valence-corrected chi connectivity index (χ1v) is 9.23. The fourth-order valence-corrected chi connectivity index (χ4v) is 4.78. The van der Waals surface area contributed by atoms with E-state index in [9.17, 15) is 24.0 Å². The van der Waals surface area contributed by atoms with Gasteiger partial charge in [0.2, 0.25) is 11.6 Å². The van der Waals surface area contributed by atoms with Crippen LogP contribution in [0.5, 0.6) is 0 Å². The van der Waals surface area contributed by atoms with Gasteiger partial charge in [-0.2, -0.15) is 0 Å². The molecule has 11 heteroatoms. The van der Waals surface area contributed by atoms with Crippen LogP contribution in [-0.2, 0) is 22.1 Å². The van der Waals surface area contributed by atoms with Gasteiger partial charge in [0.15, 0.2) is 0 Å². The van der Waals surface area contributed by atoms with E-state index in [-0.39, 0.29) is 5.56 Å². The molecule has 1 aromatic heterocycles. The van der Waals surface area contributed by atoms with Crippen molar-refractivity contribution in [2.75, 3.05) is 0 Å². The van der Waals surface area contributed by atoms with E-state index in [1.807, 2.05) is 10.3 Å². The Morgan fingerprint density at radius 3 is 2.34 bits per heavy atom. The second-order valence-corrected chi connectivity index (χ2v) is 7.85. The molecule has 9 nitrogen and oxygen atoms in total. The van der Waals surface area contributed by atoms with Crippen molar-refractivity contribution < 1.29 is 14.0 Å². The Kier molecular flexibility index (Phi) is 4.16. The number of aromatic nitrogens is 3. The highest BCUT2D eigenvalue weighted by Crippen LogP contribution is 2.55. The first-order valence-electron chi connectivity index (χ1n) is 8.80. The summed E-state index contributed by atoms with van der Waals surface area (Å²) >= 11 is 6.34. The molecule has 4 rings (SSSR count). The average molecular weight is 423 g/mol. The molecule has 2 N–H and O–H groups in total. The summed E-state index contributed by atoms with van der Waals surface area (Å²) in [5.41, 5.74) is -7.27. The van der Waals surface area contributed by atoms with Gasteiger partial charge in [-0.25, -0.2) is 27.9 Å². The minimum Gasteiger partial charge on any atom is -0.293 e. The summed E-state index contributed by atoms with van der Waals surface area (Å²) < 4.78 is 17.5. The number of H-pyrrole nitrogens is 1. The Bertz CT molecular complexity index is 1210. The molecule has 2 aliphatic rings. The van der Waals surface area contributed by atoms with E-state index in [4.69, 9.17) is 11.6 Å². The van der Waals surface area contributed by atoms with Gasteiger partial charge in [-0.1, -0.05) is 30.3 Å². The van der Waals surface area contributed by atoms with E-state index in [1.54, 1.807) is 18.2 Å². The number of rotatable bonds is 2. The van der Waals surface area contributed by atoms with Crippen molar-refractivity contribution in [2.24, 2.45) is 7.05 Å². The quantitative estimate of drug-likeness (QED) is 0.498. The van der Waals surface area contributed by atoms with E-state index in [2.05, 4.69) is 0 Å². The van der Waals surface area contributed by atoms with Crippen LogP contribution < -0.4 is 22.4 Å². The number of amides is 2. The predicted molar refractivity (Wildman–Crippen MR) is 99.6 cm³/mol. The van der Waals surface area contributed by atoms with Gasteiger partial charge in [-0.05, 0) is 12.0 Å². The van der Waals surface area contributed by atoms with Crippen molar-refractivity contribution in [3.05, 3.63) is 67.3 Å². The third-order valence-corrected chi connectivity index (χ3v) is 6.33. The molecule has 1 saturated carbocycles. The maximum Gasteiger partial charge on any atom is 0.336 e. The number of benzene rings is 1. The minimum absolute atomic E-state index is 0.230. The van der Waals surface area contributed by atoms with Crippen molar-refractivity contribution in [3.63, 3.8) is 0 Å². The number of aromatic amines is 1. The molecule has 1 aliphatic heterocycles. The molecule has 1 aliphatic carbocycles. The van der Waals surface area contributed by atoms with Crippen molar-refractivity contribution in [2.45, 2.75) is 35.3 Å². The average Bonchev–Trinajstić information content (AvgIpc) is 2.87. The summed E-state index contributed by atoms with van der Waals surface area (Å²) in [4.78, 5) is 63.9. The summed E-state index contributed by atoms with van der Waals surface area (Å²) in [5.74, 6) is -1.96. The molecular weight excluding hydrogens is 407 g/mol. The van der Waals surface area contributed by atoms with Crippen molar-refractivity contribution in [1.29, 1.82) is 0 Å². The molecule has 1 aromatic carbocycles. The van der Waals surface area contributed by atoms with Crippen molar-refractivity contribution in [3.8, 4) is 0 Å². The fourth-order valence-electron chi connectivity index (χ4n) is 4.37. The molecule has 2 aromatic rings. The van der Waals surface area contributed by atoms with Crippen LogP contribution in [0.1, 0.15) is 24.4 Å². The lowest BCUT2D eigenvalue weighted by atomic mass is 9.60. The number of nitrogens with one attached hydrogen (secondary N) is 2.